The summed E-state index contributed by atoms with van der Waals surface area (Å²) < 4.78 is 0.950. The van der Waals surface area contributed by atoms with Crippen LogP contribution in [0.3, 0.4) is 0 Å². The number of para-hydroxylation sites is 1. The van der Waals surface area contributed by atoms with Crippen LogP contribution < -0.4 is 5.32 Å². The van der Waals surface area contributed by atoms with Crippen molar-refractivity contribution in [1.82, 2.24) is 4.98 Å². The molecule has 4 aromatic rings. The molecule has 1 aromatic heterocycles. The number of nitrogens with one attached hydrogen (secondary N) is 1. The first-order chi connectivity index (χ1) is 14.0. The Labute approximate surface area is 174 Å². The van der Waals surface area contributed by atoms with Crippen LogP contribution in [0.15, 0.2) is 83.3 Å². The second-order valence-electron chi connectivity index (χ2n) is 6.34. The van der Waals surface area contributed by atoms with E-state index in [2.05, 4.69) is 26.2 Å². The Morgan fingerprint density at radius 2 is 1.72 bits per heavy atom. The molecule has 142 valence electrons. The first-order valence-electron chi connectivity index (χ1n) is 8.73. The highest BCUT2D eigenvalue weighted by Crippen LogP contribution is 2.27. The number of anilines is 1. The number of rotatable bonds is 4. The highest BCUT2D eigenvalue weighted by Gasteiger charge is 2.15. The van der Waals surface area contributed by atoms with Crippen LogP contribution in [-0.4, -0.2) is 15.8 Å². The predicted octanol–water partition coefficient (Wildman–Crippen LogP) is 5.82. The molecule has 0 saturated carbocycles. The number of nitrogens with zero attached hydrogens (tertiary/aromatic N) is 2. The lowest BCUT2D eigenvalue weighted by Crippen LogP contribution is -2.13. The van der Waals surface area contributed by atoms with Gasteiger partial charge >= 0.3 is 0 Å². The molecule has 0 aliphatic heterocycles. The molecule has 0 radical (unpaired) electrons. The SMILES string of the molecule is O=C(Nc1cccc([N+](=O)[O-])c1)c1cc(-c2ccc(Br)cc2)nc2ccccc12. The Kier molecular flexibility index (Phi) is 5.05. The van der Waals surface area contributed by atoms with E-state index in [1.165, 1.54) is 18.2 Å². The van der Waals surface area contributed by atoms with Gasteiger partial charge in [0.05, 0.1) is 21.7 Å². The molecule has 0 unspecified atom stereocenters. The fraction of sp³-hybridized carbons (Fsp3) is 0. The summed E-state index contributed by atoms with van der Waals surface area (Å²) >= 11 is 3.42. The third-order valence-electron chi connectivity index (χ3n) is 4.42. The average molecular weight is 448 g/mol. The van der Waals surface area contributed by atoms with Crippen molar-refractivity contribution in [2.75, 3.05) is 5.32 Å². The molecule has 3 aromatic carbocycles. The first kappa shape index (κ1) is 18.8. The van der Waals surface area contributed by atoms with Crippen LogP contribution in [0, 0.1) is 10.1 Å². The van der Waals surface area contributed by atoms with Gasteiger partial charge in [0.25, 0.3) is 11.6 Å². The van der Waals surface area contributed by atoms with Gasteiger partial charge < -0.3 is 5.32 Å². The van der Waals surface area contributed by atoms with Crippen LogP contribution in [0.25, 0.3) is 22.2 Å². The predicted molar refractivity (Wildman–Crippen MR) is 116 cm³/mol. The summed E-state index contributed by atoms with van der Waals surface area (Å²) in [6, 6.07) is 22.6. The van der Waals surface area contributed by atoms with E-state index in [9.17, 15) is 14.9 Å². The molecule has 1 N–H and O–H groups in total. The molecule has 0 saturated heterocycles. The topological polar surface area (TPSA) is 85.1 Å². The highest BCUT2D eigenvalue weighted by molar-refractivity contribution is 9.10. The van der Waals surface area contributed by atoms with Crippen LogP contribution in [-0.2, 0) is 0 Å². The number of amides is 1. The number of nitro groups is 1. The lowest BCUT2D eigenvalue weighted by atomic mass is 10.0. The van der Waals surface area contributed by atoms with Crippen molar-refractivity contribution in [3.63, 3.8) is 0 Å². The van der Waals surface area contributed by atoms with Gasteiger partial charge in [-0.2, -0.15) is 0 Å². The summed E-state index contributed by atoms with van der Waals surface area (Å²) in [5.41, 5.74) is 2.95. The number of hydrogen-bond acceptors (Lipinski definition) is 4. The van der Waals surface area contributed by atoms with E-state index in [1.807, 2.05) is 48.5 Å². The molecular weight excluding hydrogens is 434 g/mol. The first-order valence-corrected chi connectivity index (χ1v) is 9.52. The third kappa shape index (κ3) is 4.00. The summed E-state index contributed by atoms with van der Waals surface area (Å²) in [6.07, 6.45) is 0. The zero-order valence-electron chi connectivity index (χ0n) is 15.0. The Hall–Kier alpha value is -3.58. The van der Waals surface area contributed by atoms with Crippen molar-refractivity contribution in [1.29, 1.82) is 0 Å². The largest absolute Gasteiger partial charge is 0.322 e. The van der Waals surface area contributed by atoms with Crippen molar-refractivity contribution in [2.24, 2.45) is 0 Å². The number of fused-ring (bicyclic) bond motifs is 1. The smallest absolute Gasteiger partial charge is 0.271 e. The Bertz CT molecular complexity index is 1240. The third-order valence-corrected chi connectivity index (χ3v) is 4.94. The quantitative estimate of drug-likeness (QED) is 0.315. The van der Waals surface area contributed by atoms with E-state index in [0.29, 0.717) is 27.8 Å². The van der Waals surface area contributed by atoms with Crippen LogP contribution in [0.2, 0.25) is 0 Å². The number of aromatic nitrogens is 1. The zero-order valence-corrected chi connectivity index (χ0v) is 16.6. The van der Waals surface area contributed by atoms with Gasteiger partial charge in [0.1, 0.15) is 0 Å². The number of carbonyl (C=O) groups excluding carboxylic acids is 1. The van der Waals surface area contributed by atoms with Gasteiger partial charge in [-0.1, -0.05) is 52.3 Å². The van der Waals surface area contributed by atoms with Gasteiger partial charge in [-0.3, -0.25) is 14.9 Å². The summed E-state index contributed by atoms with van der Waals surface area (Å²) in [5.74, 6) is -0.359. The monoisotopic (exact) mass is 447 g/mol. The molecule has 0 aliphatic rings. The molecule has 0 spiro atoms. The van der Waals surface area contributed by atoms with E-state index in [0.717, 1.165) is 10.0 Å². The summed E-state index contributed by atoms with van der Waals surface area (Å²) in [6.45, 7) is 0. The number of non-ortho nitro benzene ring substituents is 1. The highest BCUT2D eigenvalue weighted by atomic mass is 79.9. The number of carbonyl (C=O) groups is 1. The van der Waals surface area contributed by atoms with Crippen LogP contribution in [0.4, 0.5) is 11.4 Å². The van der Waals surface area contributed by atoms with E-state index >= 15 is 0 Å². The van der Waals surface area contributed by atoms with Crippen LogP contribution in [0.5, 0.6) is 0 Å². The Morgan fingerprint density at radius 3 is 2.48 bits per heavy atom. The van der Waals surface area contributed by atoms with Gasteiger partial charge in [0.2, 0.25) is 0 Å². The fourth-order valence-corrected chi connectivity index (χ4v) is 3.29. The number of nitro benzene ring substituents is 1. The van der Waals surface area contributed by atoms with Crippen molar-refractivity contribution in [3.8, 4) is 11.3 Å². The van der Waals surface area contributed by atoms with Crippen molar-refractivity contribution in [2.45, 2.75) is 0 Å². The van der Waals surface area contributed by atoms with Crippen molar-refractivity contribution >= 4 is 44.1 Å². The van der Waals surface area contributed by atoms with Crippen molar-refractivity contribution in [3.05, 3.63) is 99.0 Å². The molecule has 6 nitrogen and oxygen atoms in total. The minimum absolute atomic E-state index is 0.0852. The second kappa shape index (κ2) is 7.81. The van der Waals surface area contributed by atoms with E-state index in [1.54, 1.807) is 12.1 Å². The minimum Gasteiger partial charge on any atom is -0.322 e. The molecule has 4 rings (SSSR count). The number of hydrogen-bond donors (Lipinski definition) is 1. The lowest BCUT2D eigenvalue weighted by Gasteiger charge is -2.11. The molecule has 29 heavy (non-hydrogen) atoms. The average Bonchev–Trinajstić information content (AvgIpc) is 2.73. The van der Waals surface area contributed by atoms with Gasteiger partial charge in [0.15, 0.2) is 0 Å². The lowest BCUT2D eigenvalue weighted by molar-refractivity contribution is -0.384. The molecule has 0 fully saturated rings. The molecule has 0 aliphatic carbocycles. The molecule has 1 heterocycles. The van der Waals surface area contributed by atoms with Gasteiger partial charge in [-0.15, -0.1) is 0 Å². The van der Waals surface area contributed by atoms with Gasteiger partial charge in [0, 0.05) is 33.2 Å². The van der Waals surface area contributed by atoms with E-state index in [-0.39, 0.29) is 11.6 Å². The van der Waals surface area contributed by atoms with E-state index < -0.39 is 4.92 Å². The zero-order chi connectivity index (χ0) is 20.4. The van der Waals surface area contributed by atoms with E-state index in [4.69, 9.17) is 0 Å². The number of pyridine rings is 1. The normalized spacial score (nSPS) is 10.7. The Balaban J connectivity index is 1.77. The number of benzene rings is 3. The molecular formula is C22H14BrN3O3. The number of halogens is 1. The summed E-state index contributed by atoms with van der Waals surface area (Å²) in [4.78, 5) is 28.2. The van der Waals surface area contributed by atoms with Crippen LogP contribution in [0.1, 0.15) is 10.4 Å². The Morgan fingerprint density at radius 1 is 0.966 bits per heavy atom. The maximum absolute atomic E-state index is 13.0. The van der Waals surface area contributed by atoms with Crippen LogP contribution >= 0.6 is 15.9 Å². The fourth-order valence-electron chi connectivity index (χ4n) is 3.03. The second-order valence-corrected chi connectivity index (χ2v) is 7.26. The molecule has 0 bridgehead atoms. The molecule has 0 atom stereocenters. The van der Waals surface area contributed by atoms with Crippen molar-refractivity contribution < 1.29 is 9.72 Å². The standard InChI is InChI=1S/C22H14BrN3O3/c23-15-10-8-14(9-11-15)21-13-19(18-6-1-2-7-20(18)25-21)22(27)24-16-4-3-5-17(12-16)26(28)29/h1-13H,(H,24,27). The minimum atomic E-state index is -0.497. The van der Waals surface area contributed by atoms with Gasteiger partial charge in [-0.25, -0.2) is 4.98 Å². The molecule has 1 amide bonds. The maximum atomic E-state index is 13.0. The molecule has 7 heteroatoms. The summed E-state index contributed by atoms with van der Waals surface area (Å²) in [5, 5.41) is 14.5. The maximum Gasteiger partial charge on any atom is 0.271 e. The van der Waals surface area contributed by atoms with Gasteiger partial charge in [-0.05, 0) is 30.3 Å². The summed E-state index contributed by atoms with van der Waals surface area (Å²) in [7, 11) is 0.